The number of amides is 1. The Labute approximate surface area is 87.5 Å². The Morgan fingerprint density at radius 1 is 1.79 bits per heavy atom. The molecule has 0 aliphatic carbocycles. The number of thioether (sulfide) groups is 1. The van der Waals surface area contributed by atoms with Crippen LogP contribution in [-0.4, -0.2) is 35.7 Å². The first-order valence-electron chi connectivity index (χ1n) is 4.37. The van der Waals surface area contributed by atoms with Gasteiger partial charge in [0.2, 0.25) is 0 Å². The molecule has 1 amide bonds. The summed E-state index contributed by atoms with van der Waals surface area (Å²) in [6.07, 6.45) is -0.752. The number of aliphatic imine (C=N–C) groups is 1. The van der Waals surface area contributed by atoms with Crippen LogP contribution in [0.15, 0.2) is 4.99 Å². The molecule has 14 heavy (non-hydrogen) atoms. The Hall–Kier alpha value is -0.910. The number of nitrogens with two attached hydrogens (primary N) is 1. The first-order chi connectivity index (χ1) is 6.49. The van der Waals surface area contributed by atoms with Crippen LogP contribution in [0.2, 0.25) is 0 Å². The average Bonchev–Trinajstić information content (AvgIpc) is 2.39. The predicted molar refractivity (Wildman–Crippen MR) is 57.5 cm³/mol. The van der Waals surface area contributed by atoms with Gasteiger partial charge in [0.1, 0.15) is 6.61 Å². The number of hydrogen-bond acceptors (Lipinski definition) is 4. The van der Waals surface area contributed by atoms with Crippen LogP contribution in [0.4, 0.5) is 4.79 Å². The second-order valence-electron chi connectivity index (χ2n) is 3.65. The maximum absolute atomic E-state index is 10.2. The summed E-state index contributed by atoms with van der Waals surface area (Å²) in [5.74, 6) is 1.00. The molecule has 0 aromatic rings. The zero-order chi connectivity index (χ0) is 10.6. The van der Waals surface area contributed by atoms with E-state index >= 15 is 0 Å². The van der Waals surface area contributed by atoms with E-state index in [1.807, 2.05) is 0 Å². The monoisotopic (exact) mass is 217 g/mol. The number of carbonyl (C=O) groups excluding carboxylic acids is 1. The van der Waals surface area contributed by atoms with Crippen molar-refractivity contribution in [1.29, 1.82) is 0 Å². The van der Waals surface area contributed by atoms with Crippen molar-refractivity contribution in [2.45, 2.75) is 19.4 Å². The molecule has 80 valence electrons. The summed E-state index contributed by atoms with van der Waals surface area (Å²) >= 11 is 1.68. The van der Waals surface area contributed by atoms with Crippen molar-refractivity contribution in [3.05, 3.63) is 0 Å². The van der Waals surface area contributed by atoms with Crippen molar-refractivity contribution in [3.63, 3.8) is 0 Å². The van der Waals surface area contributed by atoms with Crippen LogP contribution in [0, 0.1) is 0 Å². The lowest BCUT2D eigenvalue weighted by Crippen LogP contribution is -2.37. The molecule has 1 fully saturated rings. The summed E-state index contributed by atoms with van der Waals surface area (Å²) in [5.41, 5.74) is 4.90. The molecule has 3 N–H and O–H groups in total. The van der Waals surface area contributed by atoms with Crippen molar-refractivity contribution >= 4 is 23.0 Å². The van der Waals surface area contributed by atoms with Crippen LogP contribution in [-0.2, 0) is 4.74 Å². The third kappa shape index (κ3) is 3.87. The fourth-order valence-corrected chi connectivity index (χ4v) is 2.09. The van der Waals surface area contributed by atoms with Gasteiger partial charge in [-0.05, 0) is 13.8 Å². The number of nitrogens with zero attached hydrogens (tertiary/aromatic N) is 1. The molecule has 0 aromatic carbocycles. The number of amidine groups is 1. The lowest BCUT2D eigenvalue weighted by atomic mass is 10.1. The summed E-state index contributed by atoms with van der Waals surface area (Å²) in [6, 6.07) is 0. The number of hydrogen-bond donors (Lipinski definition) is 2. The van der Waals surface area contributed by atoms with Gasteiger partial charge in [0.15, 0.2) is 5.17 Å². The van der Waals surface area contributed by atoms with Gasteiger partial charge in [0.25, 0.3) is 0 Å². The minimum absolute atomic E-state index is 0.105. The van der Waals surface area contributed by atoms with Gasteiger partial charge in [0.05, 0.1) is 6.54 Å². The predicted octanol–water partition coefficient (Wildman–Crippen LogP) is 0.553. The third-order valence-electron chi connectivity index (χ3n) is 1.61. The zero-order valence-electron chi connectivity index (χ0n) is 8.37. The molecule has 1 aliphatic rings. The van der Waals surface area contributed by atoms with Crippen LogP contribution in [0.1, 0.15) is 13.8 Å². The van der Waals surface area contributed by atoms with Crippen molar-refractivity contribution in [1.82, 2.24) is 5.32 Å². The normalized spacial score (nSPS) is 22.0. The number of ether oxygens (including phenoxy) is 1. The summed E-state index contributed by atoms with van der Waals surface area (Å²) < 4.78 is 4.55. The largest absolute Gasteiger partial charge is 0.448 e. The Morgan fingerprint density at radius 2 is 2.50 bits per heavy atom. The van der Waals surface area contributed by atoms with Gasteiger partial charge < -0.3 is 15.8 Å². The second kappa shape index (κ2) is 4.54. The Balaban J connectivity index is 2.23. The fraction of sp³-hybridized carbons (Fsp3) is 0.750. The SMILES string of the molecule is CC1(C)CSC(=NCCOC(N)=O)N1. The van der Waals surface area contributed by atoms with E-state index in [2.05, 4.69) is 28.9 Å². The summed E-state index contributed by atoms with van der Waals surface area (Å²) in [6.45, 7) is 4.92. The molecule has 0 spiro atoms. The molecule has 1 aliphatic heterocycles. The van der Waals surface area contributed by atoms with E-state index in [1.54, 1.807) is 11.8 Å². The molecule has 1 rings (SSSR count). The number of nitrogens with one attached hydrogen (secondary N) is 1. The van der Waals surface area contributed by atoms with Crippen LogP contribution >= 0.6 is 11.8 Å². The lowest BCUT2D eigenvalue weighted by Gasteiger charge is -2.15. The molecule has 0 radical (unpaired) electrons. The first-order valence-corrected chi connectivity index (χ1v) is 5.36. The molecular formula is C8H15N3O2S. The molecule has 6 heteroatoms. The summed E-state index contributed by atoms with van der Waals surface area (Å²) in [5, 5.41) is 4.17. The zero-order valence-corrected chi connectivity index (χ0v) is 9.19. The molecule has 0 bridgehead atoms. The van der Waals surface area contributed by atoms with E-state index in [1.165, 1.54) is 0 Å². The van der Waals surface area contributed by atoms with Crippen LogP contribution in [0.3, 0.4) is 0 Å². The number of carbonyl (C=O) groups is 1. The topological polar surface area (TPSA) is 76.7 Å². The maximum Gasteiger partial charge on any atom is 0.404 e. The standard InChI is InChI=1S/C8H15N3O2S/c1-8(2)5-14-7(11-8)10-3-4-13-6(9)12/h3-5H2,1-2H3,(H2,9,12)(H,10,11). The fourth-order valence-electron chi connectivity index (χ4n) is 0.989. The summed E-state index contributed by atoms with van der Waals surface area (Å²) in [7, 11) is 0. The molecule has 0 aromatic heterocycles. The maximum atomic E-state index is 10.2. The quantitative estimate of drug-likeness (QED) is 0.677. The van der Waals surface area contributed by atoms with E-state index in [0.29, 0.717) is 6.54 Å². The van der Waals surface area contributed by atoms with Crippen molar-refractivity contribution in [2.75, 3.05) is 18.9 Å². The molecule has 5 nitrogen and oxygen atoms in total. The molecular weight excluding hydrogens is 202 g/mol. The van der Waals surface area contributed by atoms with Crippen molar-refractivity contribution in [2.24, 2.45) is 10.7 Å². The minimum Gasteiger partial charge on any atom is -0.448 e. The van der Waals surface area contributed by atoms with Crippen LogP contribution in [0.5, 0.6) is 0 Å². The van der Waals surface area contributed by atoms with Gasteiger partial charge in [-0.1, -0.05) is 11.8 Å². The van der Waals surface area contributed by atoms with Gasteiger partial charge >= 0.3 is 6.09 Å². The van der Waals surface area contributed by atoms with Crippen molar-refractivity contribution < 1.29 is 9.53 Å². The average molecular weight is 217 g/mol. The molecule has 1 heterocycles. The van der Waals surface area contributed by atoms with Crippen LogP contribution in [0.25, 0.3) is 0 Å². The Kier molecular flexibility index (Phi) is 3.62. The van der Waals surface area contributed by atoms with Gasteiger partial charge in [-0.25, -0.2) is 4.79 Å². The molecule has 0 saturated carbocycles. The highest BCUT2D eigenvalue weighted by molar-refractivity contribution is 8.14. The molecule has 1 saturated heterocycles. The highest BCUT2D eigenvalue weighted by Crippen LogP contribution is 2.21. The molecule has 0 atom stereocenters. The summed E-state index contributed by atoms with van der Waals surface area (Å²) in [4.78, 5) is 14.5. The van der Waals surface area contributed by atoms with Crippen LogP contribution < -0.4 is 11.1 Å². The van der Waals surface area contributed by atoms with E-state index in [4.69, 9.17) is 5.73 Å². The number of rotatable bonds is 3. The van der Waals surface area contributed by atoms with E-state index in [-0.39, 0.29) is 12.1 Å². The van der Waals surface area contributed by atoms with Gasteiger partial charge in [0, 0.05) is 11.3 Å². The highest BCUT2D eigenvalue weighted by atomic mass is 32.2. The smallest absolute Gasteiger partial charge is 0.404 e. The van der Waals surface area contributed by atoms with Crippen molar-refractivity contribution in [3.8, 4) is 0 Å². The third-order valence-corrected chi connectivity index (χ3v) is 2.98. The first kappa shape index (κ1) is 11.2. The lowest BCUT2D eigenvalue weighted by molar-refractivity contribution is 0.160. The number of primary amides is 1. The Bertz CT molecular complexity index is 253. The van der Waals surface area contributed by atoms with Gasteiger partial charge in [-0.2, -0.15) is 0 Å². The Morgan fingerprint density at radius 3 is 3.00 bits per heavy atom. The molecule has 0 unspecified atom stereocenters. The van der Waals surface area contributed by atoms with E-state index < -0.39 is 6.09 Å². The van der Waals surface area contributed by atoms with Gasteiger partial charge in [-0.3, -0.25) is 4.99 Å². The van der Waals surface area contributed by atoms with E-state index in [0.717, 1.165) is 10.9 Å². The van der Waals surface area contributed by atoms with E-state index in [9.17, 15) is 4.79 Å². The second-order valence-corrected chi connectivity index (χ2v) is 4.62. The minimum atomic E-state index is -0.752. The highest BCUT2D eigenvalue weighted by Gasteiger charge is 2.26. The van der Waals surface area contributed by atoms with Gasteiger partial charge in [-0.15, -0.1) is 0 Å².